The monoisotopic (exact) mass is 197 g/mol. The van der Waals surface area contributed by atoms with E-state index >= 15 is 0 Å². The molecule has 1 rings (SSSR count). The summed E-state index contributed by atoms with van der Waals surface area (Å²) in [4.78, 5) is 1.36. The third-order valence-corrected chi connectivity index (χ3v) is 3.71. The fourth-order valence-corrected chi connectivity index (χ4v) is 2.94. The maximum Gasteiger partial charge on any atom is 0.0622 e. The third-order valence-electron chi connectivity index (χ3n) is 1.39. The van der Waals surface area contributed by atoms with Crippen LogP contribution >= 0.6 is 23.1 Å². The Labute approximate surface area is 81.4 Å². The molecule has 0 fully saturated rings. The first-order chi connectivity index (χ1) is 5.83. The van der Waals surface area contributed by atoms with Gasteiger partial charge in [0, 0.05) is 11.3 Å². The van der Waals surface area contributed by atoms with Crippen molar-refractivity contribution < 1.29 is 0 Å². The van der Waals surface area contributed by atoms with Gasteiger partial charge in [0.2, 0.25) is 0 Å². The number of nitrogens with zero attached hydrogens (tertiary/aromatic N) is 1. The minimum Gasteiger partial charge on any atom is -0.198 e. The molecule has 64 valence electrons. The predicted octanol–water partition coefficient (Wildman–Crippen LogP) is 3.45. The van der Waals surface area contributed by atoms with Crippen molar-refractivity contribution in [3.63, 3.8) is 0 Å². The van der Waals surface area contributed by atoms with Gasteiger partial charge in [0.05, 0.1) is 10.3 Å². The van der Waals surface area contributed by atoms with E-state index in [2.05, 4.69) is 25.1 Å². The van der Waals surface area contributed by atoms with E-state index in [-0.39, 0.29) is 0 Å². The van der Waals surface area contributed by atoms with Gasteiger partial charge >= 0.3 is 0 Å². The highest BCUT2D eigenvalue weighted by molar-refractivity contribution is 8.01. The second-order valence-corrected chi connectivity index (χ2v) is 5.16. The first-order valence-electron chi connectivity index (χ1n) is 3.89. The van der Waals surface area contributed by atoms with Gasteiger partial charge in [-0.1, -0.05) is 0 Å². The predicted molar refractivity (Wildman–Crippen MR) is 54.6 cm³/mol. The Morgan fingerprint density at radius 2 is 2.42 bits per heavy atom. The smallest absolute Gasteiger partial charge is 0.0622 e. The largest absolute Gasteiger partial charge is 0.198 e. The topological polar surface area (TPSA) is 23.8 Å². The lowest BCUT2D eigenvalue weighted by molar-refractivity contribution is 0.982. The number of thiophene rings is 1. The maximum atomic E-state index is 8.31. The van der Waals surface area contributed by atoms with Gasteiger partial charge in [-0.2, -0.15) is 5.26 Å². The lowest BCUT2D eigenvalue weighted by Gasteiger charge is -1.93. The van der Waals surface area contributed by atoms with Crippen LogP contribution in [0.1, 0.15) is 17.7 Å². The Kier molecular flexibility index (Phi) is 4.20. The molecule has 0 N–H and O–H groups in total. The van der Waals surface area contributed by atoms with E-state index in [1.54, 1.807) is 0 Å². The second kappa shape index (κ2) is 5.23. The molecular formula is C9H11NS2. The summed E-state index contributed by atoms with van der Waals surface area (Å²) in [6.45, 7) is 2.12. The average Bonchev–Trinajstić information content (AvgIpc) is 2.45. The molecule has 1 heterocycles. The van der Waals surface area contributed by atoms with Crippen LogP contribution in [-0.4, -0.2) is 5.75 Å². The van der Waals surface area contributed by atoms with Gasteiger partial charge in [-0.05, 0) is 31.2 Å². The third kappa shape index (κ3) is 3.29. The number of nitriles is 1. The molecule has 0 aromatic carbocycles. The van der Waals surface area contributed by atoms with Crippen molar-refractivity contribution >= 4 is 23.1 Å². The van der Waals surface area contributed by atoms with Crippen LogP contribution in [0.4, 0.5) is 0 Å². The van der Waals surface area contributed by atoms with E-state index in [0.29, 0.717) is 6.42 Å². The Morgan fingerprint density at radius 3 is 3.00 bits per heavy atom. The van der Waals surface area contributed by atoms with Crippen LogP contribution in [0.3, 0.4) is 0 Å². The Hall–Kier alpha value is -0.460. The van der Waals surface area contributed by atoms with Crippen LogP contribution in [0.25, 0.3) is 0 Å². The van der Waals surface area contributed by atoms with Crippen LogP contribution in [0.2, 0.25) is 0 Å². The van der Waals surface area contributed by atoms with Crippen molar-refractivity contribution in [1.29, 1.82) is 5.26 Å². The molecule has 1 aromatic rings. The molecule has 0 amide bonds. The summed E-state index contributed by atoms with van der Waals surface area (Å²) in [7, 11) is 0. The Balaban J connectivity index is 2.21. The van der Waals surface area contributed by atoms with Crippen LogP contribution in [0.15, 0.2) is 16.3 Å². The molecule has 0 saturated carbocycles. The Morgan fingerprint density at radius 1 is 1.58 bits per heavy atom. The molecule has 0 aliphatic heterocycles. The van der Waals surface area contributed by atoms with Crippen molar-refractivity contribution in [2.24, 2.45) is 0 Å². The first-order valence-corrected chi connectivity index (χ1v) is 5.69. The molecule has 12 heavy (non-hydrogen) atoms. The van der Waals surface area contributed by atoms with Gasteiger partial charge in [-0.15, -0.1) is 23.1 Å². The second-order valence-electron chi connectivity index (χ2n) is 2.48. The summed E-state index contributed by atoms with van der Waals surface area (Å²) in [6.07, 6.45) is 1.68. The molecule has 1 aromatic heterocycles. The minimum atomic E-state index is 0.678. The summed E-state index contributed by atoms with van der Waals surface area (Å²) in [5, 5.41) is 8.31. The summed E-state index contributed by atoms with van der Waals surface area (Å²) < 4.78 is 1.37. The molecule has 0 spiro atoms. The van der Waals surface area contributed by atoms with E-state index in [4.69, 9.17) is 5.26 Å². The van der Waals surface area contributed by atoms with Gasteiger partial charge < -0.3 is 0 Å². The highest BCUT2D eigenvalue weighted by Crippen LogP contribution is 2.27. The first kappa shape index (κ1) is 9.63. The van der Waals surface area contributed by atoms with Gasteiger partial charge in [-0.25, -0.2) is 0 Å². The van der Waals surface area contributed by atoms with Crippen LogP contribution in [0, 0.1) is 18.3 Å². The molecule has 0 saturated heterocycles. The molecular weight excluding hydrogens is 186 g/mol. The van der Waals surface area contributed by atoms with Gasteiger partial charge in [0.15, 0.2) is 0 Å². The highest BCUT2D eigenvalue weighted by Gasteiger charge is 1.96. The zero-order valence-corrected chi connectivity index (χ0v) is 8.67. The summed E-state index contributed by atoms with van der Waals surface area (Å²) >= 11 is 3.67. The van der Waals surface area contributed by atoms with E-state index in [1.165, 1.54) is 9.09 Å². The van der Waals surface area contributed by atoms with E-state index in [0.717, 1.165) is 12.2 Å². The molecule has 0 bridgehead atoms. The molecule has 0 radical (unpaired) electrons. The summed E-state index contributed by atoms with van der Waals surface area (Å²) in [5.41, 5.74) is 0. The quantitative estimate of drug-likeness (QED) is 0.545. The molecule has 0 aliphatic carbocycles. The standard InChI is InChI=1S/C9H11NS2/c1-8-4-5-9(12-8)11-7-3-2-6-10/h4-5H,2-3,7H2,1H3. The van der Waals surface area contributed by atoms with Crippen molar-refractivity contribution in [1.82, 2.24) is 0 Å². The SMILES string of the molecule is Cc1ccc(SCCCC#N)s1. The van der Waals surface area contributed by atoms with Crippen molar-refractivity contribution in [2.75, 3.05) is 5.75 Å². The minimum absolute atomic E-state index is 0.678. The van der Waals surface area contributed by atoms with Crippen molar-refractivity contribution in [3.05, 3.63) is 17.0 Å². The highest BCUT2D eigenvalue weighted by atomic mass is 32.2. The average molecular weight is 197 g/mol. The molecule has 0 atom stereocenters. The Bertz CT molecular complexity index is 272. The van der Waals surface area contributed by atoms with Crippen LogP contribution in [0.5, 0.6) is 0 Å². The lowest BCUT2D eigenvalue weighted by atomic mass is 10.4. The maximum absolute atomic E-state index is 8.31. The summed E-state index contributed by atoms with van der Waals surface area (Å²) in [6, 6.07) is 6.44. The number of thioether (sulfide) groups is 1. The van der Waals surface area contributed by atoms with Crippen molar-refractivity contribution in [3.8, 4) is 6.07 Å². The zero-order valence-electron chi connectivity index (χ0n) is 7.04. The number of aryl methyl sites for hydroxylation is 1. The number of unbranched alkanes of at least 4 members (excludes halogenated alkanes) is 1. The molecule has 1 nitrogen and oxygen atoms in total. The van der Waals surface area contributed by atoms with Gasteiger partial charge in [0.1, 0.15) is 0 Å². The number of hydrogen-bond acceptors (Lipinski definition) is 3. The van der Waals surface area contributed by atoms with Gasteiger partial charge in [-0.3, -0.25) is 0 Å². The number of rotatable bonds is 4. The van der Waals surface area contributed by atoms with Crippen LogP contribution < -0.4 is 0 Å². The zero-order chi connectivity index (χ0) is 8.81. The normalized spacial score (nSPS) is 9.67. The fraction of sp³-hybridized carbons (Fsp3) is 0.444. The van der Waals surface area contributed by atoms with Crippen molar-refractivity contribution in [2.45, 2.75) is 24.0 Å². The van der Waals surface area contributed by atoms with E-state index in [9.17, 15) is 0 Å². The van der Waals surface area contributed by atoms with E-state index < -0.39 is 0 Å². The van der Waals surface area contributed by atoms with Gasteiger partial charge in [0.25, 0.3) is 0 Å². The summed E-state index contributed by atoms with van der Waals surface area (Å²) in [5.74, 6) is 1.06. The molecule has 0 aliphatic rings. The number of hydrogen-bond donors (Lipinski definition) is 0. The van der Waals surface area contributed by atoms with E-state index in [1.807, 2.05) is 23.1 Å². The molecule has 3 heteroatoms. The fourth-order valence-electron chi connectivity index (χ4n) is 0.814. The van der Waals surface area contributed by atoms with Crippen LogP contribution in [-0.2, 0) is 0 Å². The lowest BCUT2D eigenvalue weighted by Crippen LogP contribution is -1.75. The molecule has 0 unspecified atom stereocenters.